The lowest BCUT2D eigenvalue weighted by Gasteiger charge is -1.95. The normalized spacial score (nSPS) is 9.88. The molecular weight excluding hydrogens is 240 g/mol. The smallest absolute Gasteiger partial charge is 0.167 e. The maximum absolute atomic E-state index is 10.8. The number of hydrogen-bond donors (Lipinski definition) is 3. The largest absolute Gasteiger partial charge is 0.389 e. The van der Waals surface area contributed by atoms with Crippen LogP contribution in [0.25, 0.3) is 10.3 Å². The van der Waals surface area contributed by atoms with Crippen molar-refractivity contribution in [3.63, 3.8) is 0 Å². The Labute approximate surface area is 102 Å². The van der Waals surface area contributed by atoms with Gasteiger partial charge in [-0.1, -0.05) is 0 Å². The second kappa shape index (κ2) is 5.67. The molecule has 92 valence electrons. The Morgan fingerprint density at radius 1 is 1.59 bits per heavy atom. The van der Waals surface area contributed by atoms with Crippen molar-refractivity contribution in [3.05, 3.63) is 16.3 Å². The summed E-state index contributed by atoms with van der Waals surface area (Å²) in [7, 11) is 3.22. The molecular formula is C10H14N4O2S. The lowest BCUT2D eigenvalue weighted by atomic mass is 10.3. The van der Waals surface area contributed by atoms with Gasteiger partial charge in [0.05, 0.1) is 17.0 Å². The maximum Gasteiger partial charge on any atom is 0.167 e. The lowest BCUT2D eigenvalue weighted by molar-refractivity contribution is 0.111. The van der Waals surface area contributed by atoms with Crippen LogP contribution in [-0.2, 0) is 13.7 Å². The Morgan fingerprint density at radius 2 is 2.24 bits per heavy atom. The van der Waals surface area contributed by atoms with Gasteiger partial charge in [-0.3, -0.25) is 4.79 Å². The number of carbonyl (C=O) groups excluding carboxylic acids is 1. The summed E-state index contributed by atoms with van der Waals surface area (Å²) in [5.41, 5.74) is 6.16. The van der Waals surface area contributed by atoms with Gasteiger partial charge in [-0.25, -0.2) is 4.98 Å². The number of aldehydes is 1. The third kappa shape index (κ3) is 2.12. The number of nitrogens with zero attached hydrogens (tertiary/aromatic N) is 2. The summed E-state index contributed by atoms with van der Waals surface area (Å²) in [5, 5.41) is 16.8. The molecule has 0 saturated carbocycles. The summed E-state index contributed by atoms with van der Waals surface area (Å²) in [6, 6.07) is 0. The Hall–Kier alpha value is -1.57. The van der Waals surface area contributed by atoms with Crippen molar-refractivity contribution >= 4 is 34.2 Å². The summed E-state index contributed by atoms with van der Waals surface area (Å²) in [6.45, 7) is -0.118. The molecule has 7 heteroatoms. The van der Waals surface area contributed by atoms with Crippen molar-refractivity contribution in [2.24, 2.45) is 12.8 Å². The van der Waals surface area contributed by atoms with E-state index in [2.05, 4.69) is 10.7 Å². The molecule has 0 aromatic carbocycles. The zero-order chi connectivity index (χ0) is 13.0. The number of nitrogens with two attached hydrogens (primary N) is 1. The standard InChI is InChI=1S/C9H9N3O2S.CH5N/c1-12-6(3-13)5(2-10)8-9(12)11-7(4-14)15-8;1-2/h2-3,10,14H,4H2,1H3;2H2,1H3. The van der Waals surface area contributed by atoms with E-state index in [1.807, 2.05) is 0 Å². The highest BCUT2D eigenvalue weighted by atomic mass is 32.1. The minimum absolute atomic E-state index is 0.118. The fraction of sp³-hybridized carbons (Fsp3) is 0.300. The Kier molecular flexibility index (Phi) is 4.50. The van der Waals surface area contributed by atoms with Crippen molar-refractivity contribution in [1.29, 1.82) is 5.41 Å². The van der Waals surface area contributed by atoms with Crippen LogP contribution in [0.4, 0.5) is 0 Å². The molecule has 2 aromatic rings. The number of fused-ring (bicyclic) bond motifs is 1. The van der Waals surface area contributed by atoms with E-state index in [9.17, 15) is 4.79 Å². The number of hydrogen-bond acceptors (Lipinski definition) is 6. The molecule has 0 saturated heterocycles. The van der Waals surface area contributed by atoms with Gasteiger partial charge >= 0.3 is 0 Å². The average molecular weight is 254 g/mol. The predicted octanol–water partition coefficient (Wildman–Crippen LogP) is 0.512. The highest BCUT2D eigenvalue weighted by Crippen LogP contribution is 2.28. The number of thiazole rings is 1. The molecule has 2 rings (SSSR count). The van der Waals surface area contributed by atoms with Gasteiger partial charge in [0.15, 0.2) is 11.9 Å². The van der Waals surface area contributed by atoms with Crippen LogP contribution in [0.15, 0.2) is 0 Å². The van der Waals surface area contributed by atoms with Crippen LogP contribution < -0.4 is 5.73 Å². The van der Waals surface area contributed by atoms with Crippen LogP contribution in [0.2, 0.25) is 0 Å². The molecule has 2 heterocycles. The van der Waals surface area contributed by atoms with E-state index in [1.165, 1.54) is 18.4 Å². The minimum Gasteiger partial charge on any atom is -0.389 e. The van der Waals surface area contributed by atoms with Crippen molar-refractivity contribution in [2.75, 3.05) is 7.05 Å². The first-order valence-corrected chi connectivity index (χ1v) is 5.67. The lowest BCUT2D eigenvalue weighted by Crippen LogP contribution is -1.98. The number of carbonyl (C=O) groups is 1. The maximum atomic E-state index is 10.8. The summed E-state index contributed by atoms with van der Waals surface area (Å²) < 4.78 is 2.41. The molecule has 0 unspecified atom stereocenters. The molecule has 0 spiro atoms. The topological polar surface area (TPSA) is 105 Å². The zero-order valence-electron chi connectivity index (χ0n) is 9.60. The molecule has 0 aliphatic carbocycles. The molecule has 4 N–H and O–H groups in total. The number of nitrogens with one attached hydrogen (secondary N) is 1. The number of rotatable bonds is 3. The highest BCUT2D eigenvalue weighted by molar-refractivity contribution is 7.19. The SMILES string of the molecule is CN.Cn1c(C=O)c(C=N)c2sc(CO)nc21. The summed E-state index contributed by atoms with van der Waals surface area (Å²) in [6.07, 6.45) is 1.86. The molecule has 0 radical (unpaired) electrons. The molecule has 6 nitrogen and oxygen atoms in total. The van der Waals surface area contributed by atoms with Gasteiger partial charge in [0.2, 0.25) is 0 Å². The number of aromatic nitrogens is 2. The quantitative estimate of drug-likeness (QED) is 0.548. The predicted molar refractivity (Wildman–Crippen MR) is 67.9 cm³/mol. The molecule has 0 fully saturated rings. The van der Waals surface area contributed by atoms with Crippen molar-refractivity contribution in [1.82, 2.24) is 9.55 Å². The van der Waals surface area contributed by atoms with Gasteiger partial charge in [-0.2, -0.15) is 0 Å². The number of aliphatic hydroxyl groups excluding tert-OH is 1. The van der Waals surface area contributed by atoms with E-state index in [0.717, 1.165) is 10.9 Å². The fourth-order valence-electron chi connectivity index (χ4n) is 1.52. The second-order valence-electron chi connectivity index (χ2n) is 3.04. The van der Waals surface area contributed by atoms with Crippen molar-refractivity contribution < 1.29 is 9.90 Å². The monoisotopic (exact) mass is 254 g/mol. The third-order valence-corrected chi connectivity index (χ3v) is 3.31. The van der Waals surface area contributed by atoms with Crippen LogP contribution in [0, 0.1) is 5.41 Å². The molecule has 0 amide bonds. The van der Waals surface area contributed by atoms with Crippen LogP contribution >= 0.6 is 11.3 Å². The van der Waals surface area contributed by atoms with Gasteiger partial charge < -0.3 is 20.8 Å². The zero-order valence-corrected chi connectivity index (χ0v) is 10.4. The molecule has 0 aliphatic heterocycles. The summed E-state index contributed by atoms with van der Waals surface area (Å²) in [4.78, 5) is 15.0. The number of aryl methyl sites for hydroxylation is 1. The highest BCUT2D eigenvalue weighted by Gasteiger charge is 2.17. The van der Waals surface area contributed by atoms with E-state index >= 15 is 0 Å². The van der Waals surface area contributed by atoms with E-state index in [0.29, 0.717) is 28.2 Å². The fourth-order valence-corrected chi connectivity index (χ4v) is 2.50. The Bertz CT molecular complexity index is 544. The Balaban J connectivity index is 0.000000686. The van der Waals surface area contributed by atoms with Crippen molar-refractivity contribution in [3.8, 4) is 0 Å². The second-order valence-corrected chi connectivity index (χ2v) is 4.12. The van der Waals surface area contributed by atoms with Gasteiger partial charge in [0, 0.05) is 18.8 Å². The van der Waals surface area contributed by atoms with Gasteiger partial charge in [0.1, 0.15) is 5.01 Å². The molecule has 0 bridgehead atoms. The first-order valence-electron chi connectivity index (χ1n) is 4.85. The van der Waals surface area contributed by atoms with Gasteiger partial charge in [0.25, 0.3) is 0 Å². The molecule has 17 heavy (non-hydrogen) atoms. The van der Waals surface area contributed by atoms with Crippen LogP contribution in [0.3, 0.4) is 0 Å². The molecule has 0 aliphatic rings. The first kappa shape index (κ1) is 13.5. The average Bonchev–Trinajstić information content (AvgIpc) is 2.90. The van der Waals surface area contributed by atoms with E-state index in [4.69, 9.17) is 10.5 Å². The number of aliphatic hydroxyl groups is 1. The van der Waals surface area contributed by atoms with Crippen LogP contribution in [0.5, 0.6) is 0 Å². The Morgan fingerprint density at radius 3 is 2.71 bits per heavy atom. The van der Waals surface area contributed by atoms with E-state index in [1.54, 1.807) is 11.6 Å². The summed E-state index contributed by atoms with van der Waals surface area (Å²) in [5.74, 6) is 0. The van der Waals surface area contributed by atoms with Crippen LogP contribution in [-0.4, -0.2) is 34.2 Å². The summed E-state index contributed by atoms with van der Waals surface area (Å²) >= 11 is 1.31. The minimum atomic E-state index is -0.118. The third-order valence-electron chi connectivity index (χ3n) is 2.24. The van der Waals surface area contributed by atoms with Gasteiger partial charge in [-0.15, -0.1) is 11.3 Å². The molecule has 0 atom stereocenters. The van der Waals surface area contributed by atoms with Crippen molar-refractivity contribution in [2.45, 2.75) is 6.61 Å². The van der Waals surface area contributed by atoms with Crippen LogP contribution in [0.1, 0.15) is 21.1 Å². The van der Waals surface area contributed by atoms with Gasteiger partial charge in [-0.05, 0) is 7.05 Å². The molecule has 2 aromatic heterocycles. The van der Waals surface area contributed by atoms with E-state index in [-0.39, 0.29) is 6.61 Å². The van der Waals surface area contributed by atoms with E-state index < -0.39 is 0 Å². The first-order chi connectivity index (χ1) is 8.22.